The summed E-state index contributed by atoms with van der Waals surface area (Å²) in [4.78, 5) is 4.20. The van der Waals surface area contributed by atoms with Crippen LogP contribution < -0.4 is 0 Å². The average Bonchev–Trinajstić information content (AvgIpc) is 2.57. The molecule has 0 radical (unpaired) electrons. The fraction of sp³-hybridized carbons (Fsp3) is 0.182. The van der Waals surface area contributed by atoms with Gasteiger partial charge in [0.05, 0.1) is 10.2 Å². The first-order valence-corrected chi connectivity index (χ1v) is 6.90. The lowest BCUT2D eigenvalue weighted by molar-refractivity contribution is 1.27. The molecule has 0 fully saturated rings. The molecule has 1 aromatic heterocycles. The molecule has 78 valence electrons. The molecule has 0 aliphatic rings. The first-order valence-electron chi connectivity index (χ1n) is 4.58. The molecule has 0 amide bonds. The number of hydrogen-bond donors (Lipinski definition) is 0. The van der Waals surface area contributed by atoms with Crippen LogP contribution in [0.25, 0.3) is 16.3 Å². The number of benzene rings is 1. The van der Waals surface area contributed by atoms with E-state index in [4.69, 9.17) is 11.6 Å². The van der Waals surface area contributed by atoms with Crippen LogP contribution >= 0.6 is 38.9 Å². The quantitative estimate of drug-likeness (QED) is 0.746. The normalized spacial score (nSPS) is 11.6. The summed E-state index contributed by atoms with van der Waals surface area (Å²) in [6.45, 7) is 0. The van der Waals surface area contributed by atoms with E-state index in [2.05, 4.69) is 45.2 Å². The molecular formula is C11H9BrClNS. The Kier molecular flexibility index (Phi) is 3.78. The van der Waals surface area contributed by atoms with Gasteiger partial charge in [0.15, 0.2) is 4.47 Å². The Morgan fingerprint density at radius 2 is 2.33 bits per heavy atom. The van der Waals surface area contributed by atoms with Crippen molar-refractivity contribution in [3.8, 4) is 0 Å². The van der Waals surface area contributed by atoms with Crippen molar-refractivity contribution in [2.45, 2.75) is 6.42 Å². The fourth-order valence-electron chi connectivity index (χ4n) is 1.30. The Morgan fingerprint density at radius 3 is 3.13 bits per heavy atom. The second-order valence-corrected chi connectivity index (χ2v) is 5.48. The van der Waals surface area contributed by atoms with Gasteiger partial charge >= 0.3 is 0 Å². The van der Waals surface area contributed by atoms with Crippen molar-refractivity contribution >= 4 is 55.2 Å². The number of aromatic nitrogens is 1. The Hall–Kier alpha value is -0.380. The Bertz CT molecular complexity index is 492. The molecule has 2 rings (SSSR count). The second-order valence-electron chi connectivity index (χ2n) is 3.07. The summed E-state index contributed by atoms with van der Waals surface area (Å²) in [5, 5.41) is 0.998. The minimum Gasteiger partial charge on any atom is -0.225 e. The molecule has 0 aliphatic heterocycles. The van der Waals surface area contributed by atoms with E-state index >= 15 is 0 Å². The minimum absolute atomic E-state index is 0.603. The van der Waals surface area contributed by atoms with Gasteiger partial charge in [-0.1, -0.05) is 45.7 Å². The van der Waals surface area contributed by atoms with Gasteiger partial charge < -0.3 is 0 Å². The maximum atomic E-state index is 5.85. The highest BCUT2D eigenvalue weighted by molar-refractivity contribution is 9.09. The van der Waals surface area contributed by atoms with E-state index in [0.717, 1.165) is 22.0 Å². The smallest absolute Gasteiger partial charge is 0.184 e. The van der Waals surface area contributed by atoms with Gasteiger partial charge in [-0.3, -0.25) is 0 Å². The van der Waals surface area contributed by atoms with E-state index < -0.39 is 0 Å². The first kappa shape index (κ1) is 11.1. The van der Waals surface area contributed by atoms with Gasteiger partial charge in [-0.25, -0.2) is 4.98 Å². The van der Waals surface area contributed by atoms with Gasteiger partial charge in [0.1, 0.15) is 0 Å². The molecule has 0 unspecified atom stereocenters. The number of nitrogens with zero attached hydrogens (tertiary/aromatic N) is 1. The first-order chi connectivity index (χ1) is 7.29. The molecule has 4 heteroatoms. The van der Waals surface area contributed by atoms with Crippen molar-refractivity contribution in [3.63, 3.8) is 0 Å². The minimum atomic E-state index is 0.603. The molecule has 0 saturated heterocycles. The Morgan fingerprint density at radius 1 is 1.47 bits per heavy atom. The summed E-state index contributed by atoms with van der Waals surface area (Å²) in [5.41, 5.74) is 2.17. The number of hydrogen-bond acceptors (Lipinski definition) is 2. The maximum Gasteiger partial charge on any atom is 0.184 e. The molecule has 0 atom stereocenters. The topological polar surface area (TPSA) is 12.9 Å². The lowest BCUT2D eigenvalue weighted by Crippen LogP contribution is -1.73. The van der Waals surface area contributed by atoms with Crippen LogP contribution in [-0.4, -0.2) is 10.3 Å². The number of rotatable bonds is 3. The summed E-state index contributed by atoms with van der Waals surface area (Å²) in [7, 11) is 0. The van der Waals surface area contributed by atoms with Gasteiger partial charge in [-0.05, 0) is 24.1 Å². The maximum absolute atomic E-state index is 5.85. The Balaban J connectivity index is 2.30. The standard InChI is InChI=1S/C11H9BrClNS/c12-6-2-1-3-8-4-5-9-10(7-8)15-11(13)14-9/h1,3-5,7H,2,6H2. The van der Waals surface area contributed by atoms with Crippen molar-refractivity contribution in [2.75, 3.05) is 5.33 Å². The summed E-state index contributed by atoms with van der Waals surface area (Å²) in [6.07, 6.45) is 5.31. The monoisotopic (exact) mass is 301 g/mol. The van der Waals surface area contributed by atoms with Gasteiger partial charge in [-0.15, -0.1) is 11.3 Å². The largest absolute Gasteiger partial charge is 0.225 e. The van der Waals surface area contributed by atoms with Gasteiger partial charge in [0, 0.05) is 5.33 Å². The zero-order chi connectivity index (χ0) is 10.7. The zero-order valence-corrected chi connectivity index (χ0v) is 11.1. The van der Waals surface area contributed by atoms with Crippen molar-refractivity contribution < 1.29 is 0 Å². The van der Waals surface area contributed by atoms with Crippen molar-refractivity contribution in [1.29, 1.82) is 0 Å². The number of alkyl halides is 1. The molecular weight excluding hydrogens is 294 g/mol. The van der Waals surface area contributed by atoms with Gasteiger partial charge in [-0.2, -0.15) is 0 Å². The molecule has 2 aromatic rings. The van der Waals surface area contributed by atoms with E-state index in [-0.39, 0.29) is 0 Å². The molecule has 1 heterocycles. The van der Waals surface area contributed by atoms with Crippen LogP contribution in [-0.2, 0) is 0 Å². The third-order valence-corrected chi connectivity index (χ3v) is 3.55. The summed E-state index contributed by atoms with van der Waals surface area (Å²) in [6, 6.07) is 6.18. The molecule has 0 aliphatic carbocycles. The number of halogens is 2. The van der Waals surface area contributed by atoms with E-state index in [0.29, 0.717) is 4.47 Å². The van der Waals surface area contributed by atoms with Crippen molar-refractivity contribution in [1.82, 2.24) is 4.98 Å². The molecule has 1 nitrogen and oxygen atoms in total. The van der Waals surface area contributed by atoms with Crippen LogP contribution in [0.4, 0.5) is 0 Å². The predicted molar refractivity (Wildman–Crippen MR) is 72.1 cm³/mol. The Labute approximate surface area is 106 Å². The molecule has 0 spiro atoms. The number of allylic oxidation sites excluding steroid dienone is 1. The molecule has 15 heavy (non-hydrogen) atoms. The summed E-state index contributed by atoms with van der Waals surface area (Å²) < 4.78 is 1.74. The molecule has 0 bridgehead atoms. The fourth-order valence-corrected chi connectivity index (χ4v) is 2.64. The summed E-state index contributed by atoms with van der Waals surface area (Å²) in [5.74, 6) is 0. The third kappa shape index (κ3) is 2.80. The van der Waals surface area contributed by atoms with Crippen LogP contribution in [0.1, 0.15) is 12.0 Å². The van der Waals surface area contributed by atoms with E-state index in [9.17, 15) is 0 Å². The van der Waals surface area contributed by atoms with Crippen LogP contribution in [0.5, 0.6) is 0 Å². The van der Waals surface area contributed by atoms with Gasteiger partial charge in [0.25, 0.3) is 0 Å². The third-order valence-electron chi connectivity index (χ3n) is 1.97. The van der Waals surface area contributed by atoms with Crippen LogP contribution in [0.15, 0.2) is 24.3 Å². The highest BCUT2D eigenvalue weighted by atomic mass is 79.9. The highest BCUT2D eigenvalue weighted by Crippen LogP contribution is 2.26. The van der Waals surface area contributed by atoms with Gasteiger partial charge in [0.2, 0.25) is 0 Å². The lowest BCUT2D eigenvalue weighted by atomic mass is 10.2. The predicted octanol–water partition coefficient (Wildman–Crippen LogP) is 4.75. The zero-order valence-electron chi connectivity index (χ0n) is 7.91. The van der Waals surface area contributed by atoms with E-state index in [1.54, 1.807) is 0 Å². The lowest BCUT2D eigenvalue weighted by Gasteiger charge is -1.92. The van der Waals surface area contributed by atoms with Crippen LogP contribution in [0, 0.1) is 0 Å². The van der Waals surface area contributed by atoms with Crippen LogP contribution in [0.2, 0.25) is 4.47 Å². The SMILES string of the molecule is Clc1nc2ccc(C=CCCBr)cc2s1. The molecule has 0 saturated carbocycles. The average molecular weight is 303 g/mol. The summed E-state index contributed by atoms with van der Waals surface area (Å²) >= 11 is 10.8. The van der Waals surface area contributed by atoms with Crippen molar-refractivity contribution in [2.24, 2.45) is 0 Å². The van der Waals surface area contributed by atoms with E-state index in [1.807, 2.05) is 6.07 Å². The number of fused-ring (bicyclic) bond motifs is 1. The number of thiazole rings is 1. The molecule has 0 N–H and O–H groups in total. The highest BCUT2D eigenvalue weighted by Gasteiger charge is 2.00. The molecule has 1 aromatic carbocycles. The van der Waals surface area contributed by atoms with E-state index in [1.165, 1.54) is 16.9 Å². The van der Waals surface area contributed by atoms with Crippen molar-refractivity contribution in [3.05, 3.63) is 34.3 Å². The second kappa shape index (κ2) is 5.10. The van der Waals surface area contributed by atoms with Crippen LogP contribution in [0.3, 0.4) is 0 Å².